The Morgan fingerprint density at radius 2 is 2.31 bits per heavy atom. The Morgan fingerprint density at radius 3 is 2.75 bits per heavy atom. The Kier molecular flexibility index (Phi) is 2.54. The van der Waals surface area contributed by atoms with Crippen molar-refractivity contribution in [1.29, 1.82) is 0 Å². The lowest BCUT2D eigenvalue weighted by Gasteiger charge is -2.17. The van der Waals surface area contributed by atoms with Gasteiger partial charge in [0.25, 0.3) is 0 Å². The fraction of sp³-hybridized carbons (Fsp3) is 0.583. The van der Waals surface area contributed by atoms with E-state index in [-0.39, 0.29) is 17.9 Å². The van der Waals surface area contributed by atoms with Crippen LogP contribution in [0.4, 0.5) is 0 Å². The number of nitrogens with zero attached hydrogens (tertiary/aromatic N) is 1. The number of furan rings is 1. The molecule has 0 aliphatic carbocycles. The van der Waals surface area contributed by atoms with Gasteiger partial charge in [-0.2, -0.15) is 0 Å². The molecule has 0 amide bonds. The highest BCUT2D eigenvalue weighted by Gasteiger charge is 2.70. The van der Waals surface area contributed by atoms with E-state index in [2.05, 4.69) is 0 Å². The number of carbonyl (C=O) groups excluding carboxylic acids is 1. The van der Waals surface area contributed by atoms with Crippen LogP contribution in [0.5, 0.6) is 0 Å². The number of rotatable bonds is 3. The van der Waals surface area contributed by atoms with Crippen LogP contribution in [0, 0.1) is 5.92 Å². The summed E-state index contributed by atoms with van der Waals surface area (Å²) in [5, 5.41) is 0. The van der Waals surface area contributed by atoms with Crippen molar-refractivity contribution in [2.45, 2.75) is 25.4 Å². The zero-order valence-electron chi connectivity index (χ0n) is 10.1. The first-order valence-electron chi connectivity index (χ1n) is 5.41. The lowest BCUT2D eigenvalue weighted by Crippen LogP contribution is -2.35. The highest BCUT2D eigenvalue weighted by Crippen LogP contribution is 2.56. The number of carbonyl (C=O) groups is 1. The zero-order valence-corrected chi connectivity index (χ0v) is 10.1. The highest BCUT2D eigenvalue weighted by atomic mass is 16.5. The van der Waals surface area contributed by atoms with Gasteiger partial charge in [0.05, 0.1) is 19.4 Å². The average molecular weight is 223 g/mol. The summed E-state index contributed by atoms with van der Waals surface area (Å²) in [7, 11) is 3.35. The minimum Gasteiger partial charge on any atom is -0.468 e. The molecule has 0 radical (unpaired) electrons. The molecule has 1 saturated heterocycles. The van der Waals surface area contributed by atoms with Gasteiger partial charge in [-0.25, -0.2) is 4.79 Å². The first kappa shape index (κ1) is 11.2. The second-order valence-electron chi connectivity index (χ2n) is 4.50. The van der Waals surface area contributed by atoms with Crippen LogP contribution in [-0.2, 0) is 9.53 Å². The molecule has 16 heavy (non-hydrogen) atoms. The van der Waals surface area contributed by atoms with Crippen molar-refractivity contribution in [1.82, 2.24) is 4.90 Å². The molecule has 0 saturated carbocycles. The number of hydrogen-bond donors (Lipinski definition) is 0. The quantitative estimate of drug-likeness (QED) is 0.579. The van der Waals surface area contributed by atoms with E-state index in [0.29, 0.717) is 0 Å². The van der Waals surface area contributed by atoms with Crippen LogP contribution in [0.2, 0.25) is 0 Å². The number of hydrogen-bond acceptors (Lipinski definition) is 4. The van der Waals surface area contributed by atoms with Crippen molar-refractivity contribution >= 4 is 5.97 Å². The van der Waals surface area contributed by atoms with E-state index in [1.54, 1.807) is 6.26 Å². The predicted molar refractivity (Wildman–Crippen MR) is 58.8 cm³/mol. The van der Waals surface area contributed by atoms with E-state index in [1.165, 1.54) is 7.11 Å². The van der Waals surface area contributed by atoms with Crippen LogP contribution in [0.25, 0.3) is 0 Å². The Hall–Kier alpha value is -1.29. The summed E-state index contributed by atoms with van der Waals surface area (Å²) in [5.41, 5.74) is -0.563. The molecular formula is C12H17NO3. The monoisotopic (exact) mass is 223 g/mol. The first-order chi connectivity index (χ1) is 7.56. The molecule has 0 N–H and O–H groups in total. The molecule has 0 spiro atoms. The summed E-state index contributed by atoms with van der Waals surface area (Å²) in [6.07, 6.45) is 1.63. The maximum Gasteiger partial charge on any atom is 0.328 e. The van der Waals surface area contributed by atoms with Crippen LogP contribution in [-0.4, -0.2) is 30.6 Å². The van der Waals surface area contributed by atoms with Gasteiger partial charge in [-0.3, -0.25) is 4.90 Å². The molecule has 4 nitrogen and oxygen atoms in total. The van der Waals surface area contributed by atoms with Gasteiger partial charge >= 0.3 is 5.97 Å². The molecule has 1 aliphatic heterocycles. The molecule has 1 aliphatic rings. The molecule has 3 unspecified atom stereocenters. The summed E-state index contributed by atoms with van der Waals surface area (Å²) in [6, 6.07) is 3.73. The topological polar surface area (TPSA) is 42.4 Å². The maximum absolute atomic E-state index is 11.9. The largest absolute Gasteiger partial charge is 0.468 e. The van der Waals surface area contributed by atoms with Crippen molar-refractivity contribution in [2.24, 2.45) is 5.92 Å². The molecule has 1 aromatic rings. The fourth-order valence-electron chi connectivity index (χ4n) is 2.67. The van der Waals surface area contributed by atoms with E-state index in [4.69, 9.17) is 9.15 Å². The zero-order chi connectivity index (χ0) is 11.9. The molecular weight excluding hydrogens is 206 g/mol. The van der Waals surface area contributed by atoms with E-state index in [9.17, 15) is 4.79 Å². The van der Waals surface area contributed by atoms with E-state index < -0.39 is 5.54 Å². The summed E-state index contributed by atoms with van der Waals surface area (Å²) in [4.78, 5) is 14.0. The smallest absolute Gasteiger partial charge is 0.328 e. The van der Waals surface area contributed by atoms with Gasteiger partial charge in [0, 0.05) is 0 Å². The van der Waals surface area contributed by atoms with Gasteiger partial charge in [0.15, 0.2) is 0 Å². The van der Waals surface area contributed by atoms with Crippen LogP contribution < -0.4 is 0 Å². The number of methoxy groups -OCH3 is 1. The van der Waals surface area contributed by atoms with E-state index in [0.717, 1.165) is 5.76 Å². The number of esters is 1. The van der Waals surface area contributed by atoms with Crippen LogP contribution in [0.3, 0.4) is 0 Å². The second kappa shape index (κ2) is 3.63. The summed E-state index contributed by atoms with van der Waals surface area (Å²) >= 11 is 0. The van der Waals surface area contributed by atoms with Crippen LogP contribution in [0.15, 0.2) is 22.8 Å². The maximum atomic E-state index is 11.9. The molecule has 1 aromatic heterocycles. The van der Waals surface area contributed by atoms with Gasteiger partial charge in [-0.15, -0.1) is 0 Å². The Bertz CT molecular complexity index is 385. The van der Waals surface area contributed by atoms with E-state index in [1.807, 2.05) is 37.9 Å². The lowest BCUT2D eigenvalue weighted by molar-refractivity contribution is -0.146. The summed E-state index contributed by atoms with van der Waals surface area (Å²) in [5.74, 6) is 0.813. The van der Waals surface area contributed by atoms with Gasteiger partial charge in [0.2, 0.25) is 0 Å². The molecule has 4 heteroatoms. The normalized spacial score (nSPS) is 32.8. The Morgan fingerprint density at radius 1 is 1.62 bits per heavy atom. The van der Waals surface area contributed by atoms with Crippen molar-refractivity contribution in [2.75, 3.05) is 14.2 Å². The summed E-state index contributed by atoms with van der Waals surface area (Å²) < 4.78 is 10.3. The predicted octanol–water partition coefficient (Wildman–Crippen LogP) is 1.83. The van der Waals surface area contributed by atoms with E-state index >= 15 is 0 Å². The average Bonchev–Trinajstić information content (AvgIpc) is 2.67. The van der Waals surface area contributed by atoms with Crippen LogP contribution >= 0.6 is 0 Å². The highest BCUT2D eigenvalue weighted by molar-refractivity contribution is 5.86. The minimum absolute atomic E-state index is 0.00468. The van der Waals surface area contributed by atoms with Gasteiger partial charge in [-0.1, -0.05) is 13.8 Å². The number of likely N-dealkylation sites (N-methyl/N-ethyl adjacent to an activating group) is 1. The molecule has 3 atom stereocenters. The number of ether oxygens (including phenoxy) is 1. The van der Waals surface area contributed by atoms with Crippen LogP contribution in [0.1, 0.15) is 25.6 Å². The molecule has 2 heterocycles. The van der Waals surface area contributed by atoms with Gasteiger partial charge in [0.1, 0.15) is 11.3 Å². The van der Waals surface area contributed by atoms with Crippen molar-refractivity contribution < 1.29 is 13.9 Å². The molecule has 0 bridgehead atoms. The second-order valence-corrected chi connectivity index (χ2v) is 4.50. The third-order valence-corrected chi connectivity index (χ3v) is 3.53. The third-order valence-electron chi connectivity index (χ3n) is 3.53. The van der Waals surface area contributed by atoms with Gasteiger partial charge < -0.3 is 9.15 Å². The third kappa shape index (κ3) is 1.23. The van der Waals surface area contributed by atoms with Crippen molar-refractivity contribution in [3.8, 4) is 0 Å². The molecule has 1 fully saturated rings. The SMILES string of the molecule is COC(=O)C1(C(C)C)C(c2ccco2)N1C. The Balaban J connectivity index is 2.34. The lowest BCUT2D eigenvalue weighted by atomic mass is 9.90. The first-order valence-corrected chi connectivity index (χ1v) is 5.41. The molecule has 88 valence electrons. The van der Waals surface area contributed by atoms with Gasteiger partial charge in [-0.05, 0) is 25.1 Å². The van der Waals surface area contributed by atoms with Crippen molar-refractivity contribution in [3.05, 3.63) is 24.2 Å². The van der Waals surface area contributed by atoms with Crippen molar-refractivity contribution in [3.63, 3.8) is 0 Å². The Labute approximate surface area is 95.2 Å². The minimum atomic E-state index is -0.563. The molecule has 2 rings (SSSR count). The fourth-order valence-corrected chi connectivity index (χ4v) is 2.67. The summed E-state index contributed by atoms with van der Waals surface area (Å²) in [6.45, 7) is 4.05. The standard InChI is InChI=1S/C12H17NO3/c1-8(2)12(11(14)15-4)10(13(12)3)9-6-5-7-16-9/h5-8,10H,1-4H3. The molecule has 0 aromatic carbocycles.